The molecule has 88 valence electrons. The van der Waals surface area contributed by atoms with Crippen LogP contribution in [0.15, 0.2) is 22.7 Å². The molecule has 0 aliphatic rings. The summed E-state index contributed by atoms with van der Waals surface area (Å²) < 4.78 is 14.0. The molecule has 0 saturated carbocycles. The molecule has 0 bridgehead atoms. The molecule has 0 aromatic heterocycles. The molecular weight excluding hydrogens is 277 g/mol. The molecule has 16 heavy (non-hydrogen) atoms. The number of hydrogen-bond donors (Lipinski definition) is 2. The van der Waals surface area contributed by atoms with Crippen LogP contribution in [0.25, 0.3) is 0 Å². The molecule has 5 heteroatoms. The van der Waals surface area contributed by atoms with Gasteiger partial charge in [-0.05, 0) is 30.7 Å². The van der Waals surface area contributed by atoms with Crippen molar-refractivity contribution in [3.05, 3.63) is 34.1 Å². The van der Waals surface area contributed by atoms with Crippen molar-refractivity contribution in [2.24, 2.45) is 0 Å². The van der Waals surface area contributed by atoms with E-state index in [4.69, 9.17) is 5.11 Å². The van der Waals surface area contributed by atoms with E-state index in [9.17, 15) is 9.18 Å². The van der Waals surface area contributed by atoms with Crippen molar-refractivity contribution >= 4 is 21.8 Å². The second-order valence-corrected chi connectivity index (χ2v) is 4.48. The third-order valence-corrected chi connectivity index (χ3v) is 2.53. The lowest BCUT2D eigenvalue weighted by atomic mass is 10.1. The molecule has 3 nitrogen and oxygen atoms in total. The molecule has 0 aliphatic carbocycles. The van der Waals surface area contributed by atoms with Gasteiger partial charge < -0.3 is 10.4 Å². The molecular formula is C11H13BrFNO2. The number of benzene rings is 1. The van der Waals surface area contributed by atoms with E-state index >= 15 is 0 Å². The minimum atomic E-state index is -0.407. The largest absolute Gasteiger partial charge is 0.394 e. The van der Waals surface area contributed by atoms with Crippen LogP contribution in [0.1, 0.15) is 12.5 Å². The van der Waals surface area contributed by atoms with Gasteiger partial charge >= 0.3 is 0 Å². The molecule has 0 heterocycles. The molecule has 0 saturated heterocycles. The maximum absolute atomic E-state index is 13.3. The third-order valence-electron chi connectivity index (χ3n) is 2.04. The van der Waals surface area contributed by atoms with Crippen LogP contribution in [-0.4, -0.2) is 23.7 Å². The van der Waals surface area contributed by atoms with Gasteiger partial charge in [0, 0.05) is 10.5 Å². The first-order chi connectivity index (χ1) is 7.52. The second-order valence-electron chi connectivity index (χ2n) is 3.56. The van der Waals surface area contributed by atoms with Crippen LogP contribution < -0.4 is 5.32 Å². The Balaban J connectivity index is 2.65. The molecule has 0 fully saturated rings. The van der Waals surface area contributed by atoms with Gasteiger partial charge in [-0.25, -0.2) is 4.39 Å². The summed E-state index contributed by atoms with van der Waals surface area (Å²) in [4.78, 5) is 11.4. The van der Waals surface area contributed by atoms with E-state index in [1.54, 1.807) is 19.1 Å². The van der Waals surface area contributed by atoms with Gasteiger partial charge in [-0.15, -0.1) is 0 Å². The maximum atomic E-state index is 13.3. The van der Waals surface area contributed by atoms with E-state index in [2.05, 4.69) is 21.2 Å². The first kappa shape index (κ1) is 13.1. The Hall–Kier alpha value is -0.940. The molecule has 0 radical (unpaired) electrons. The van der Waals surface area contributed by atoms with Crippen molar-refractivity contribution in [1.82, 2.24) is 5.32 Å². The van der Waals surface area contributed by atoms with Crippen LogP contribution >= 0.6 is 15.9 Å². The number of rotatable bonds is 4. The average Bonchev–Trinajstić information content (AvgIpc) is 2.23. The Morgan fingerprint density at radius 2 is 2.31 bits per heavy atom. The Morgan fingerprint density at radius 1 is 1.62 bits per heavy atom. The zero-order valence-corrected chi connectivity index (χ0v) is 10.4. The van der Waals surface area contributed by atoms with Crippen molar-refractivity contribution in [2.75, 3.05) is 6.61 Å². The van der Waals surface area contributed by atoms with Crippen molar-refractivity contribution in [3.8, 4) is 0 Å². The zero-order valence-electron chi connectivity index (χ0n) is 8.84. The Bertz CT molecular complexity index is 384. The Kier molecular flexibility index (Phi) is 4.89. The standard InChI is InChI=1S/C11H13BrFNO2/c1-7(6-15)14-11(16)5-8-4-9(12)2-3-10(8)13/h2-4,7,15H,5-6H2,1H3,(H,14,16). The second kappa shape index (κ2) is 5.96. The van der Waals surface area contributed by atoms with Crippen molar-refractivity contribution in [2.45, 2.75) is 19.4 Å². The Morgan fingerprint density at radius 3 is 2.94 bits per heavy atom. The van der Waals surface area contributed by atoms with E-state index in [1.165, 1.54) is 6.07 Å². The minimum Gasteiger partial charge on any atom is -0.394 e. The van der Waals surface area contributed by atoms with Gasteiger partial charge in [0.2, 0.25) is 5.91 Å². The normalized spacial score (nSPS) is 12.2. The van der Waals surface area contributed by atoms with Gasteiger partial charge in [-0.1, -0.05) is 15.9 Å². The summed E-state index contributed by atoms with van der Waals surface area (Å²) in [5, 5.41) is 11.3. The summed E-state index contributed by atoms with van der Waals surface area (Å²) >= 11 is 3.21. The molecule has 1 rings (SSSR count). The number of halogens is 2. The summed E-state index contributed by atoms with van der Waals surface area (Å²) in [6.45, 7) is 1.54. The van der Waals surface area contributed by atoms with E-state index in [0.717, 1.165) is 4.47 Å². The smallest absolute Gasteiger partial charge is 0.224 e. The molecule has 0 spiro atoms. The van der Waals surface area contributed by atoms with Crippen LogP contribution in [0.4, 0.5) is 4.39 Å². The fourth-order valence-corrected chi connectivity index (χ4v) is 1.63. The monoisotopic (exact) mass is 289 g/mol. The predicted octanol–water partition coefficient (Wildman–Crippen LogP) is 1.63. The fourth-order valence-electron chi connectivity index (χ4n) is 1.22. The number of aliphatic hydroxyl groups is 1. The highest BCUT2D eigenvalue weighted by molar-refractivity contribution is 9.10. The molecule has 1 aromatic rings. The van der Waals surface area contributed by atoms with Crippen LogP contribution in [0, 0.1) is 5.82 Å². The van der Waals surface area contributed by atoms with Gasteiger partial charge in [0.25, 0.3) is 0 Å². The topological polar surface area (TPSA) is 49.3 Å². The van der Waals surface area contributed by atoms with Crippen molar-refractivity contribution < 1.29 is 14.3 Å². The predicted molar refractivity (Wildman–Crippen MR) is 62.5 cm³/mol. The van der Waals surface area contributed by atoms with Gasteiger partial charge in [-0.3, -0.25) is 4.79 Å². The number of hydrogen-bond acceptors (Lipinski definition) is 2. The molecule has 1 aromatic carbocycles. The first-order valence-corrected chi connectivity index (χ1v) is 5.66. The van der Waals surface area contributed by atoms with Gasteiger partial charge in [0.05, 0.1) is 13.0 Å². The summed E-state index contributed by atoms with van der Waals surface area (Å²) in [5.74, 6) is -0.714. The SMILES string of the molecule is CC(CO)NC(=O)Cc1cc(Br)ccc1F. The molecule has 0 aliphatic heterocycles. The number of carbonyl (C=O) groups excluding carboxylic acids is 1. The lowest BCUT2D eigenvalue weighted by Gasteiger charge is -2.11. The van der Waals surface area contributed by atoms with Crippen LogP contribution in [0.5, 0.6) is 0 Å². The highest BCUT2D eigenvalue weighted by atomic mass is 79.9. The van der Waals surface area contributed by atoms with Gasteiger partial charge in [0.15, 0.2) is 0 Å². The number of carbonyl (C=O) groups is 1. The van der Waals surface area contributed by atoms with Crippen molar-refractivity contribution in [3.63, 3.8) is 0 Å². The fraction of sp³-hybridized carbons (Fsp3) is 0.364. The first-order valence-electron chi connectivity index (χ1n) is 4.87. The number of amides is 1. The van der Waals surface area contributed by atoms with Crippen molar-refractivity contribution in [1.29, 1.82) is 0 Å². The highest BCUT2D eigenvalue weighted by Crippen LogP contribution is 2.15. The zero-order chi connectivity index (χ0) is 12.1. The Labute approximate surface area is 102 Å². The van der Waals surface area contributed by atoms with E-state index in [1.807, 2.05) is 0 Å². The highest BCUT2D eigenvalue weighted by Gasteiger charge is 2.10. The molecule has 1 amide bonds. The van der Waals surface area contributed by atoms with Crippen LogP contribution in [-0.2, 0) is 11.2 Å². The van der Waals surface area contributed by atoms with Crippen LogP contribution in [0.2, 0.25) is 0 Å². The maximum Gasteiger partial charge on any atom is 0.224 e. The summed E-state index contributed by atoms with van der Waals surface area (Å²) in [7, 11) is 0. The number of aliphatic hydroxyl groups excluding tert-OH is 1. The summed E-state index contributed by atoms with van der Waals surface area (Å²) in [5.41, 5.74) is 0.331. The summed E-state index contributed by atoms with van der Waals surface area (Å²) in [6.07, 6.45) is -0.0321. The van der Waals surface area contributed by atoms with E-state index in [0.29, 0.717) is 5.56 Å². The van der Waals surface area contributed by atoms with Crippen LogP contribution in [0.3, 0.4) is 0 Å². The molecule has 1 unspecified atom stereocenters. The van der Waals surface area contributed by atoms with E-state index < -0.39 is 5.82 Å². The summed E-state index contributed by atoms with van der Waals surface area (Å²) in [6, 6.07) is 4.14. The molecule has 1 atom stereocenters. The number of nitrogens with one attached hydrogen (secondary N) is 1. The lowest BCUT2D eigenvalue weighted by molar-refractivity contribution is -0.121. The van der Waals surface area contributed by atoms with Gasteiger partial charge in [0.1, 0.15) is 5.82 Å². The van der Waals surface area contributed by atoms with E-state index in [-0.39, 0.29) is 25.0 Å². The quantitative estimate of drug-likeness (QED) is 0.885. The average molecular weight is 290 g/mol. The molecule has 2 N–H and O–H groups in total. The lowest BCUT2D eigenvalue weighted by Crippen LogP contribution is -2.36. The van der Waals surface area contributed by atoms with Gasteiger partial charge in [-0.2, -0.15) is 0 Å². The third kappa shape index (κ3) is 3.90. The minimum absolute atomic E-state index is 0.0321.